The molecule has 2 aromatic carbocycles. The first-order valence-electron chi connectivity index (χ1n) is 9.16. The van der Waals surface area contributed by atoms with Gasteiger partial charge in [0.25, 0.3) is 5.91 Å². The second kappa shape index (κ2) is 9.08. The molecule has 1 amide bonds. The summed E-state index contributed by atoms with van der Waals surface area (Å²) in [5, 5.41) is 2.78. The summed E-state index contributed by atoms with van der Waals surface area (Å²) in [6.45, 7) is 4.77. The number of rotatable bonds is 6. The first-order valence-corrected chi connectivity index (χ1v) is 9.16. The van der Waals surface area contributed by atoms with Gasteiger partial charge >= 0.3 is 5.97 Å². The van der Waals surface area contributed by atoms with Crippen molar-refractivity contribution in [3.8, 4) is 11.5 Å². The van der Waals surface area contributed by atoms with E-state index in [0.717, 1.165) is 16.8 Å². The minimum absolute atomic E-state index is 0.271. The summed E-state index contributed by atoms with van der Waals surface area (Å²) in [6, 6.07) is 13.0. The molecule has 0 unspecified atom stereocenters. The summed E-state index contributed by atoms with van der Waals surface area (Å²) < 4.78 is 16.0. The summed E-state index contributed by atoms with van der Waals surface area (Å²) in [7, 11) is 0. The number of anilines is 1. The zero-order valence-electron chi connectivity index (χ0n) is 15.9. The Labute approximate surface area is 164 Å². The smallest absolute Gasteiger partial charge is 0.331 e. The molecule has 1 aliphatic rings. The molecule has 1 heterocycles. The van der Waals surface area contributed by atoms with Gasteiger partial charge in [-0.15, -0.1) is 0 Å². The van der Waals surface area contributed by atoms with E-state index in [1.807, 2.05) is 44.2 Å². The van der Waals surface area contributed by atoms with Crippen LogP contribution in [0.1, 0.15) is 30.9 Å². The van der Waals surface area contributed by atoms with Crippen molar-refractivity contribution >= 4 is 23.6 Å². The Kier molecular flexibility index (Phi) is 6.32. The van der Waals surface area contributed by atoms with Crippen LogP contribution in [0.5, 0.6) is 11.5 Å². The summed E-state index contributed by atoms with van der Waals surface area (Å²) in [5.41, 5.74) is 2.53. The molecule has 6 nitrogen and oxygen atoms in total. The maximum absolute atomic E-state index is 12.1. The predicted octanol–water partition coefficient (Wildman–Crippen LogP) is 3.78. The van der Waals surface area contributed by atoms with Crippen molar-refractivity contribution in [1.82, 2.24) is 0 Å². The average molecular weight is 381 g/mol. The van der Waals surface area contributed by atoms with E-state index >= 15 is 0 Å². The summed E-state index contributed by atoms with van der Waals surface area (Å²) in [4.78, 5) is 24.0. The van der Waals surface area contributed by atoms with Gasteiger partial charge in [-0.3, -0.25) is 4.79 Å². The lowest BCUT2D eigenvalue weighted by Gasteiger charge is -2.18. The Morgan fingerprint density at radius 3 is 2.64 bits per heavy atom. The van der Waals surface area contributed by atoms with Crippen LogP contribution in [0.25, 0.3) is 6.08 Å². The predicted molar refractivity (Wildman–Crippen MR) is 107 cm³/mol. The number of ether oxygens (including phenoxy) is 3. The minimum Gasteiger partial charge on any atom is -0.486 e. The molecule has 0 atom stereocenters. The van der Waals surface area contributed by atoms with Crippen LogP contribution in [0.3, 0.4) is 0 Å². The van der Waals surface area contributed by atoms with Crippen molar-refractivity contribution in [2.45, 2.75) is 19.8 Å². The van der Waals surface area contributed by atoms with Gasteiger partial charge in [0, 0.05) is 11.8 Å². The number of benzene rings is 2. The van der Waals surface area contributed by atoms with Gasteiger partial charge < -0.3 is 19.5 Å². The highest BCUT2D eigenvalue weighted by atomic mass is 16.6. The Bertz CT molecular complexity index is 888. The van der Waals surface area contributed by atoms with Crippen LogP contribution < -0.4 is 14.8 Å². The number of fused-ring (bicyclic) bond motifs is 1. The third-order valence-corrected chi connectivity index (χ3v) is 4.18. The van der Waals surface area contributed by atoms with Gasteiger partial charge in [0.2, 0.25) is 0 Å². The van der Waals surface area contributed by atoms with Crippen LogP contribution in [-0.2, 0) is 14.3 Å². The van der Waals surface area contributed by atoms with E-state index < -0.39 is 5.97 Å². The van der Waals surface area contributed by atoms with Crippen molar-refractivity contribution in [3.05, 3.63) is 59.7 Å². The molecule has 0 bridgehead atoms. The monoisotopic (exact) mass is 381 g/mol. The fraction of sp³-hybridized carbons (Fsp3) is 0.273. The summed E-state index contributed by atoms with van der Waals surface area (Å²) >= 11 is 0. The number of amides is 1. The van der Waals surface area contributed by atoms with E-state index in [4.69, 9.17) is 14.2 Å². The molecule has 0 fully saturated rings. The molecule has 0 saturated carbocycles. The Morgan fingerprint density at radius 2 is 1.86 bits per heavy atom. The van der Waals surface area contributed by atoms with Crippen LogP contribution >= 0.6 is 0 Å². The molecular weight excluding hydrogens is 358 g/mol. The quantitative estimate of drug-likeness (QED) is 0.609. The maximum Gasteiger partial charge on any atom is 0.331 e. The number of hydrogen-bond donors (Lipinski definition) is 1. The minimum atomic E-state index is -0.595. The van der Waals surface area contributed by atoms with Gasteiger partial charge in [-0.1, -0.05) is 38.1 Å². The van der Waals surface area contributed by atoms with Crippen LogP contribution in [0, 0.1) is 0 Å². The molecule has 0 aromatic heterocycles. The number of esters is 1. The first-order chi connectivity index (χ1) is 13.5. The van der Waals surface area contributed by atoms with E-state index in [2.05, 4.69) is 5.32 Å². The van der Waals surface area contributed by atoms with E-state index in [0.29, 0.717) is 24.7 Å². The zero-order chi connectivity index (χ0) is 19.9. The standard InChI is InChI=1S/C22H23NO5/c1-15(2)17-5-3-4-6-18(17)23-21(24)14-28-22(25)10-8-16-7-9-19-20(13-16)27-12-11-26-19/h3-10,13,15H,11-12,14H2,1-2H3,(H,23,24). The highest BCUT2D eigenvalue weighted by Crippen LogP contribution is 2.31. The van der Waals surface area contributed by atoms with Crippen LogP contribution in [0.15, 0.2) is 48.5 Å². The van der Waals surface area contributed by atoms with Gasteiger partial charge in [0.15, 0.2) is 18.1 Å². The molecule has 28 heavy (non-hydrogen) atoms. The third-order valence-electron chi connectivity index (χ3n) is 4.18. The number of nitrogens with one attached hydrogen (secondary N) is 1. The summed E-state index contributed by atoms with van der Waals surface area (Å²) in [5.74, 6) is 0.624. The lowest BCUT2D eigenvalue weighted by molar-refractivity contribution is -0.142. The Balaban J connectivity index is 1.51. The second-order valence-electron chi connectivity index (χ2n) is 6.63. The van der Waals surface area contributed by atoms with Crippen molar-refractivity contribution in [2.75, 3.05) is 25.1 Å². The highest BCUT2D eigenvalue weighted by Gasteiger charge is 2.12. The number of hydrogen-bond acceptors (Lipinski definition) is 5. The average Bonchev–Trinajstić information content (AvgIpc) is 2.70. The number of carbonyl (C=O) groups is 2. The SMILES string of the molecule is CC(C)c1ccccc1NC(=O)COC(=O)C=Cc1ccc2c(c1)OCCO2. The fourth-order valence-corrected chi connectivity index (χ4v) is 2.81. The Hall–Kier alpha value is -3.28. The van der Waals surface area contributed by atoms with Gasteiger partial charge in [-0.2, -0.15) is 0 Å². The van der Waals surface area contributed by atoms with Gasteiger partial charge in [-0.05, 0) is 41.3 Å². The fourth-order valence-electron chi connectivity index (χ4n) is 2.81. The lowest BCUT2D eigenvalue weighted by Crippen LogP contribution is -2.21. The van der Waals surface area contributed by atoms with Crippen LogP contribution in [0.4, 0.5) is 5.69 Å². The third kappa shape index (κ3) is 5.13. The highest BCUT2D eigenvalue weighted by molar-refractivity contribution is 5.95. The molecule has 0 radical (unpaired) electrons. The lowest BCUT2D eigenvalue weighted by atomic mass is 10.0. The van der Waals surface area contributed by atoms with Crippen molar-refractivity contribution < 1.29 is 23.8 Å². The largest absolute Gasteiger partial charge is 0.486 e. The molecule has 2 aromatic rings. The molecular formula is C22H23NO5. The maximum atomic E-state index is 12.1. The number of carbonyl (C=O) groups excluding carboxylic acids is 2. The van der Waals surface area contributed by atoms with Crippen LogP contribution in [0.2, 0.25) is 0 Å². The van der Waals surface area contributed by atoms with E-state index in [-0.39, 0.29) is 18.4 Å². The molecule has 1 aliphatic heterocycles. The summed E-state index contributed by atoms with van der Waals surface area (Å²) in [6.07, 6.45) is 2.88. The molecule has 6 heteroatoms. The Morgan fingerprint density at radius 1 is 1.11 bits per heavy atom. The van der Waals surface area contributed by atoms with E-state index in [1.165, 1.54) is 6.08 Å². The van der Waals surface area contributed by atoms with E-state index in [1.54, 1.807) is 18.2 Å². The van der Waals surface area contributed by atoms with Crippen molar-refractivity contribution in [2.24, 2.45) is 0 Å². The normalized spacial score (nSPS) is 12.8. The zero-order valence-corrected chi connectivity index (χ0v) is 15.9. The van der Waals surface area contributed by atoms with Crippen molar-refractivity contribution in [1.29, 1.82) is 0 Å². The molecule has 0 spiro atoms. The topological polar surface area (TPSA) is 73.9 Å². The molecule has 146 valence electrons. The molecule has 3 rings (SSSR count). The van der Waals surface area contributed by atoms with Crippen molar-refractivity contribution in [3.63, 3.8) is 0 Å². The van der Waals surface area contributed by atoms with E-state index in [9.17, 15) is 9.59 Å². The van der Waals surface area contributed by atoms with Gasteiger partial charge in [0.05, 0.1) is 0 Å². The molecule has 0 aliphatic carbocycles. The first kappa shape index (κ1) is 19.5. The number of para-hydroxylation sites is 1. The second-order valence-corrected chi connectivity index (χ2v) is 6.63. The van der Waals surface area contributed by atoms with Gasteiger partial charge in [-0.25, -0.2) is 4.79 Å². The van der Waals surface area contributed by atoms with Gasteiger partial charge in [0.1, 0.15) is 13.2 Å². The molecule has 1 N–H and O–H groups in total. The van der Waals surface area contributed by atoms with Crippen LogP contribution in [-0.4, -0.2) is 31.7 Å². The molecule has 0 saturated heterocycles.